The molecule has 0 aromatic carbocycles. The van der Waals surface area contributed by atoms with Crippen molar-refractivity contribution < 1.29 is 4.92 Å². The third kappa shape index (κ3) is 2.77. The Morgan fingerprint density at radius 2 is 2.38 bits per heavy atom. The smallest absolute Gasteiger partial charge is 0.289 e. The van der Waals surface area contributed by atoms with E-state index < -0.39 is 4.92 Å². The number of piperidine rings is 1. The maximum atomic E-state index is 10.7. The fourth-order valence-electron chi connectivity index (χ4n) is 2.48. The Balaban J connectivity index is 1.82. The van der Waals surface area contributed by atoms with Crippen molar-refractivity contribution >= 4 is 23.1 Å². The van der Waals surface area contributed by atoms with E-state index in [1.807, 2.05) is 4.90 Å². The van der Waals surface area contributed by atoms with Crippen molar-refractivity contribution in [3.63, 3.8) is 0 Å². The summed E-state index contributed by atoms with van der Waals surface area (Å²) >= 11 is 6.12. The van der Waals surface area contributed by atoms with Crippen LogP contribution in [0.15, 0.2) is 12.3 Å². The van der Waals surface area contributed by atoms with Crippen molar-refractivity contribution in [2.24, 2.45) is 0 Å². The van der Waals surface area contributed by atoms with E-state index in [1.54, 1.807) is 0 Å². The number of aromatic nitrogens is 5. The number of nitro groups is 1. The van der Waals surface area contributed by atoms with Crippen LogP contribution in [0.25, 0.3) is 0 Å². The van der Waals surface area contributed by atoms with Crippen molar-refractivity contribution in [3.05, 3.63) is 33.2 Å². The number of nitrogens with one attached hydrogen (secondary N) is 1. The summed E-state index contributed by atoms with van der Waals surface area (Å²) in [6.45, 7) is 1.45. The molecule has 0 bridgehead atoms. The molecular weight excluding hydrogens is 298 g/mol. The number of pyridine rings is 1. The Kier molecular flexibility index (Phi) is 3.65. The second-order valence-electron chi connectivity index (χ2n) is 4.81. The molecule has 21 heavy (non-hydrogen) atoms. The normalized spacial score (nSPS) is 18.7. The number of nitrogens with zero attached hydrogens (tertiary/aromatic N) is 6. The molecule has 0 amide bonds. The van der Waals surface area contributed by atoms with Crippen LogP contribution in [0.4, 0.5) is 11.5 Å². The third-order valence-corrected chi connectivity index (χ3v) is 3.74. The highest BCUT2D eigenvalue weighted by Gasteiger charge is 2.27. The average molecular weight is 310 g/mol. The molecule has 110 valence electrons. The van der Waals surface area contributed by atoms with Gasteiger partial charge in [-0.1, -0.05) is 16.8 Å². The van der Waals surface area contributed by atoms with Crippen molar-refractivity contribution in [1.82, 2.24) is 25.6 Å². The lowest BCUT2D eigenvalue weighted by Gasteiger charge is -2.32. The highest BCUT2D eigenvalue weighted by Crippen LogP contribution is 2.32. The molecule has 1 fully saturated rings. The van der Waals surface area contributed by atoms with Gasteiger partial charge in [0.2, 0.25) is 0 Å². The molecule has 0 spiro atoms. The zero-order valence-electron chi connectivity index (χ0n) is 10.9. The minimum atomic E-state index is -0.513. The zero-order chi connectivity index (χ0) is 14.8. The number of aromatic amines is 1. The summed E-state index contributed by atoms with van der Waals surface area (Å²) in [4.78, 5) is 16.3. The number of halogens is 1. The van der Waals surface area contributed by atoms with Gasteiger partial charge in [-0.25, -0.2) is 4.98 Å². The van der Waals surface area contributed by atoms with Crippen LogP contribution in [0.1, 0.15) is 24.6 Å². The summed E-state index contributed by atoms with van der Waals surface area (Å²) in [6.07, 6.45) is 3.12. The van der Waals surface area contributed by atoms with Crippen LogP contribution in [-0.4, -0.2) is 43.6 Å². The second-order valence-corrected chi connectivity index (χ2v) is 5.22. The Morgan fingerprint density at radius 1 is 1.52 bits per heavy atom. The lowest BCUT2D eigenvalue weighted by atomic mass is 9.97. The molecule has 0 radical (unpaired) electrons. The van der Waals surface area contributed by atoms with Gasteiger partial charge in [0.1, 0.15) is 12.0 Å². The van der Waals surface area contributed by atoms with Crippen LogP contribution in [-0.2, 0) is 0 Å². The van der Waals surface area contributed by atoms with Crippen LogP contribution in [0.2, 0.25) is 5.02 Å². The summed E-state index contributed by atoms with van der Waals surface area (Å²) in [5.74, 6) is 1.36. The Hall–Kier alpha value is -2.29. The summed E-state index contributed by atoms with van der Waals surface area (Å²) in [5, 5.41) is 25.0. The van der Waals surface area contributed by atoms with Gasteiger partial charge in [0, 0.05) is 25.1 Å². The van der Waals surface area contributed by atoms with Gasteiger partial charge in [-0.05, 0) is 12.8 Å². The van der Waals surface area contributed by atoms with E-state index in [1.165, 1.54) is 12.3 Å². The average Bonchev–Trinajstić information content (AvgIpc) is 3.01. The lowest BCUT2D eigenvalue weighted by Crippen LogP contribution is -2.35. The maximum absolute atomic E-state index is 10.7. The summed E-state index contributed by atoms with van der Waals surface area (Å²) < 4.78 is 0. The van der Waals surface area contributed by atoms with E-state index in [0.717, 1.165) is 19.4 Å². The van der Waals surface area contributed by atoms with Gasteiger partial charge in [-0.2, -0.15) is 5.21 Å². The molecule has 10 heteroatoms. The molecule has 3 rings (SSSR count). The van der Waals surface area contributed by atoms with Gasteiger partial charge in [-0.3, -0.25) is 10.1 Å². The molecule has 1 atom stereocenters. The van der Waals surface area contributed by atoms with Crippen LogP contribution in [0.5, 0.6) is 0 Å². The standard InChI is InChI=1S/C11H12ClN7O2/c12-9-4-8(19(20)21)5-13-11(9)18-3-1-2-7(6-18)10-14-16-17-15-10/h4-5,7H,1-3,6H2,(H,14,15,16,17)/t7-/m1/s1. The Bertz CT molecular complexity index is 648. The predicted octanol–water partition coefficient (Wildman–Crippen LogP) is 1.54. The molecule has 0 aliphatic carbocycles. The van der Waals surface area contributed by atoms with Crippen molar-refractivity contribution in [2.75, 3.05) is 18.0 Å². The van der Waals surface area contributed by atoms with Crippen LogP contribution in [0.3, 0.4) is 0 Å². The van der Waals surface area contributed by atoms with Gasteiger partial charge in [0.25, 0.3) is 5.69 Å². The first kappa shape index (κ1) is 13.7. The Labute approximate surface area is 124 Å². The van der Waals surface area contributed by atoms with Crippen molar-refractivity contribution in [2.45, 2.75) is 18.8 Å². The van der Waals surface area contributed by atoms with Gasteiger partial charge in [0.15, 0.2) is 5.82 Å². The number of tetrazole rings is 1. The molecule has 0 saturated carbocycles. The minimum Gasteiger partial charge on any atom is -0.355 e. The van der Waals surface area contributed by atoms with E-state index in [4.69, 9.17) is 11.6 Å². The van der Waals surface area contributed by atoms with Gasteiger partial charge >= 0.3 is 0 Å². The second kappa shape index (κ2) is 5.60. The van der Waals surface area contributed by atoms with Crippen LogP contribution >= 0.6 is 11.6 Å². The minimum absolute atomic E-state index is 0.115. The molecule has 0 unspecified atom stereocenters. The maximum Gasteiger partial charge on any atom is 0.289 e. The number of rotatable bonds is 3. The van der Waals surface area contributed by atoms with Gasteiger partial charge < -0.3 is 4.90 Å². The highest BCUT2D eigenvalue weighted by atomic mass is 35.5. The summed E-state index contributed by atoms with van der Waals surface area (Å²) in [5.41, 5.74) is -0.115. The van der Waals surface area contributed by atoms with E-state index in [0.29, 0.717) is 18.2 Å². The molecule has 1 aliphatic heterocycles. The fraction of sp³-hybridized carbons (Fsp3) is 0.455. The van der Waals surface area contributed by atoms with Crippen molar-refractivity contribution in [3.8, 4) is 0 Å². The Morgan fingerprint density at radius 3 is 3.05 bits per heavy atom. The molecule has 9 nitrogen and oxygen atoms in total. The highest BCUT2D eigenvalue weighted by molar-refractivity contribution is 6.33. The van der Waals surface area contributed by atoms with Gasteiger partial charge in [0.05, 0.1) is 9.95 Å². The van der Waals surface area contributed by atoms with E-state index in [9.17, 15) is 10.1 Å². The molecular formula is C11H12ClN7O2. The fourth-order valence-corrected chi connectivity index (χ4v) is 2.76. The van der Waals surface area contributed by atoms with E-state index in [-0.39, 0.29) is 16.6 Å². The monoisotopic (exact) mass is 309 g/mol. The lowest BCUT2D eigenvalue weighted by molar-refractivity contribution is -0.385. The van der Waals surface area contributed by atoms with Crippen LogP contribution in [0, 0.1) is 10.1 Å². The number of hydrogen-bond donors (Lipinski definition) is 1. The molecule has 2 aromatic rings. The van der Waals surface area contributed by atoms with E-state index >= 15 is 0 Å². The number of H-pyrrole nitrogens is 1. The quantitative estimate of drug-likeness (QED) is 0.675. The number of anilines is 1. The molecule has 1 saturated heterocycles. The van der Waals surface area contributed by atoms with E-state index in [2.05, 4.69) is 25.6 Å². The van der Waals surface area contributed by atoms with Crippen molar-refractivity contribution in [1.29, 1.82) is 0 Å². The third-order valence-electron chi connectivity index (χ3n) is 3.47. The molecule has 1 N–H and O–H groups in total. The largest absolute Gasteiger partial charge is 0.355 e. The number of hydrogen-bond acceptors (Lipinski definition) is 7. The molecule has 2 aromatic heterocycles. The van der Waals surface area contributed by atoms with Gasteiger partial charge in [-0.15, -0.1) is 10.2 Å². The van der Waals surface area contributed by atoms with Crippen LogP contribution < -0.4 is 4.90 Å². The first-order valence-electron chi connectivity index (χ1n) is 6.43. The first-order valence-corrected chi connectivity index (χ1v) is 6.81. The topological polar surface area (TPSA) is 114 Å². The first-order chi connectivity index (χ1) is 10.1. The summed E-state index contributed by atoms with van der Waals surface area (Å²) in [6, 6.07) is 1.32. The predicted molar refractivity (Wildman–Crippen MR) is 74.3 cm³/mol. The molecule has 1 aliphatic rings. The SMILES string of the molecule is O=[N+]([O-])c1cnc(N2CCC[C@@H](c3nn[nH]n3)C2)c(Cl)c1. The molecule has 3 heterocycles. The summed E-state index contributed by atoms with van der Waals surface area (Å²) in [7, 11) is 0. The zero-order valence-corrected chi connectivity index (χ0v) is 11.7.